The molecule has 0 saturated heterocycles. The first-order chi connectivity index (χ1) is 5.37. The highest BCUT2D eigenvalue weighted by atomic mass is 16.1. The van der Waals surface area contributed by atoms with E-state index in [0.717, 1.165) is 6.42 Å². The fraction of sp³-hybridized carbons (Fsp3) is 0.909. The van der Waals surface area contributed by atoms with E-state index in [9.17, 15) is 4.79 Å². The van der Waals surface area contributed by atoms with Crippen LogP contribution >= 0.6 is 0 Å². The van der Waals surface area contributed by atoms with Crippen molar-refractivity contribution in [1.82, 2.24) is 0 Å². The molecule has 0 amide bonds. The Morgan fingerprint density at radius 1 is 1.25 bits per heavy atom. The lowest BCUT2D eigenvalue weighted by Crippen LogP contribution is -2.43. The fourth-order valence-electron chi connectivity index (χ4n) is 2.21. The van der Waals surface area contributed by atoms with E-state index in [2.05, 4.69) is 34.6 Å². The van der Waals surface area contributed by atoms with Crippen LogP contribution in [0.5, 0.6) is 0 Å². The highest BCUT2D eigenvalue weighted by molar-refractivity contribution is 5.82. The summed E-state index contributed by atoms with van der Waals surface area (Å²) >= 11 is 0. The van der Waals surface area contributed by atoms with Crippen LogP contribution in [0.3, 0.4) is 0 Å². The Bertz CT molecular complexity index is 193. The maximum Gasteiger partial charge on any atom is 0.136 e. The molecular weight excluding hydrogens is 148 g/mol. The molecule has 3 unspecified atom stereocenters. The third kappa shape index (κ3) is 1.30. The molecule has 3 atom stereocenters. The summed E-state index contributed by atoms with van der Waals surface area (Å²) < 4.78 is 0. The maximum absolute atomic E-state index is 11.6. The van der Waals surface area contributed by atoms with Crippen molar-refractivity contribution in [2.45, 2.75) is 41.0 Å². The van der Waals surface area contributed by atoms with E-state index in [1.165, 1.54) is 0 Å². The van der Waals surface area contributed by atoms with Gasteiger partial charge in [0.05, 0.1) is 0 Å². The summed E-state index contributed by atoms with van der Waals surface area (Å²) in [6, 6.07) is 0. The molecule has 0 aromatic carbocycles. The van der Waals surface area contributed by atoms with Gasteiger partial charge in [-0.2, -0.15) is 0 Å². The zero-order chi connectivity index (χ0) is 9.52. The molecule has 0 bridgehead atoms. The number of rotatable bonds is 0. The van der Waals surface area contributed by atoms with Gasteiger partial charge in [-0.25, -0.2) is 0 Å². The standard InChI is InChI=1S/C11H20O/c1-7-6-10(12)9(3)11(4,5)8(7)2/h7-9H,6H2,1-5H3. The van der Waals surface area contributed by atoms with Gasteiger partial charge in [0.15, 0.2) is 0 Å². The van der Waals surface area contributed by atoms with Gasteiger partial charge in [0.1, 0.15) is 5.78 Å². The van der Waals surface area contributed by atoms with Crippen LogP contribution in [0.4, 0.5) is 0 Å². The Morgan fingerprint density at radius 3 is 2.25 bits per heavy atom. The second kappa shape index (κ2) is 2.86. The number of carbonyl (C=O) groups excluding carboxylic acids is 1. The Hall–Kier alpha value is -0.330. The lowest BCUT2D eigenvalue weighted by atomic mass is 9.59. The molecule has 1 saturated carbocycles. The average molecular weight is 168 g/mol. The van der Waals surface area contributed by atoms with E-state index in [-0.39, 0.29) is 11.3 Å². The molecule has 1 aliphatic carbocycles. The van der Waals surface area contributed by atoms with Gasteiger partial charge >= 0.3 is 0 Å². The summed E-state index contributed by atoms with van der Waals surface area (Å²) in [6.45, 7) is 11.0. The first-order valence-electron chi connectivity index (χ1n) is 4.90. The van der Waals surface area contributed by atoms with Crippen molar-refractivity contribution in [2.75, 3.05) is 0 Å². The zero-order valence-electron chi connectivity index (χ0n) is 8.85. The molecule has 1 rings (SSSR count). The number of hydrogen-bond donors (Lipinski definition) is 0. The number of hydrogen-bond acceptors (Lipinski definition) is 1. The third-order valence-electron chi connectivity index (χ3n) is 4.15. The quantitative estimate of drug-likeness (QED) is 0.543. The number of Topliss-reactive ketones (excluding diaryl/α,β-unsaturated/α-hetero) is 1. The zero-order valence-corrected chi connectivity index (χ0v) is 8.85. The minimum absolute atomic E-state index is 0.189. The van der Waals surface area contributed by atoms with Crippen molar-refractivity contribution >= 4 is 5.78 Å². The number of carbonyl (C=O) groups is 1. The number of ketones is 1. The van der Waals surface area contributed by atoms with E-state index in [1.807, 2.05) is 0 Å². The first-order valence-corrected chi connectivity index (χ1v) is 4.90. The second-order valence-corrected chi connectivity index (χ2v) is 4.98. The monoisotopic (exact) mass is 168 g/mol. The predicted octanol–water partition coefficient (Wildman–Crippen LogP) is 2.89. The molecular formula is C11H20O. The van der Waals surface area contributed by atoms with Gasteiger partial charge in [-0.05, 0) is 17.3 Å². The summed E-state index contributed by atoms with van der Waals surface area (Å²) in [4.78, 5) is 11.6. The van der Waals surface area contributed by atoms with Crippen molar-refractivity contribution in [1.29, 1.82) is 0 Å². The second-order valence-electron chi connectivity index (χ2n) is 4.98. The highest BCUT2D eigenvalue weighted by Gasteiger charge is 2.43. The lowest BCUT2D eigenvalue weighted by molar-refractivity contribution is -0.133. The normalized spacial score (nSPS) is 41.4. The molecule has 12 heavy (non-hydrogen) atoms. The summed E-state index contributed by atoms with van der Waals surface area (Å²) in [5.74, 6) is 1.91. The molecule has 0 radical (unpaired) electrons. The molecule has 1 nitrogen and oxygen atoms in total. The molecule has 1 fully saturated rings. The average Bonchev–Trinajstić information content (AvgIpc) is 1.99. The largest absolute Gasteiger partial charge is 0.299 e. The molecule has 1 heteroatoms. The Labute approximate surface area is 75.5 Å². The lowest BCUT2D eigenvalue weighted by Gasteiger charge is -2.44. The van der Waals surface area contributed by atoms with Gasteiger partial charge < -0.3 is 0 Å². The molecule has 0 spiro atoms. The van der Waals surface area contributed by atoms with Crippen LogP contribution in [0.2, 0.25) is 0 Å². The van der Waals surface area contributed by atoms with Gasteiger partial charge in [-0.1, -0.05) is 34.6 Å². The van der Waals surface area contributed by atoms with E-state index < -0.39 is 0 Å². The van der Waals surface area contributed by atoms with Crippen molar-refractivity contribution in [2.24, 2.45) is 23.2 Å². The molecule has 0 aromatic rings. The van der Waals surface area contributed by atoms with Gasteiger partial charge in [-0.3, -0.25) is 4.79 Å². The van der Waals surface area contributed by atoms with E-state index in [4.69, 9.17) is 0 Å². The van der Waals surface area contributed by atoms with Crippen molar-refractivity contribution in [3.05, 3.63) is 0 Å². The first kappa shape index (κ1) is 9.76. The summed E-state index contributed by atoms with van der Waals surface area (Å²) in [6.07, 6.45) is 0.783. The van der Waals surface area contributed by atoms with Crippen LogP contribution in [0.25, 0.3) is 0 Å². The molecule has 0 aliphatic heterocycles. The van der Waals surface area contributed by atoms with E-state index >= 15 is 0 Å². The van der Waals surface area contributed by atoms with Crippen molar-refractivity contribution < 1.29 is 4.79 Å². The van der Waals surface area contributed by atoms with Crippen LogP contribution < -0.4 is 0 Å². The molecule has 0 aromatic heterocycles. The molecule has 0 N–H and O–H groups in total. The van der Waals surface area contributed by atoms with Crippen LogP contribution in [0, 0.1) is 23.2 Å². The van der Waals surface area contributed by atoms with E-state index in [0.29, 0.717) is 17.6 Å². The van der Waals surface area contributed by atoms with Crippen LogP contribution in [-0.2, 0) is 4.79 Å². The van der Waals surface area contributed by atoms with Crippen LogP contribution in [-0.4, -0.2) is 5.78 Å². The van der Waals surface area contributed by atoms with Gasteiger partial charge in [0, 0.05) is 12.3 Å². The van der Waals surface area contributed by atoms with Crippen LogP contribution in [0.1, 0.15) is 41.0 Å². The predicted molar refractivity (Wildman–Crippen MR) is 50.9 cm³/mol. The minimum Gasteiger partial charge on any atom is -0.299 e. The molecule has 70 valence electrons. The maximum atomic E-state index is 11.6. The topological polar surface area (TPSA) is 17.1 Å². The minimum atomic E-state index is 0.189. The SMILES string of the molecule is CC1CC(=O)C(C)C(C)(C)C1C. The molecule has 0 heterocycles. The Balaban J connectivity index is 2.89. The summed E-state index contributed by atoms with van der Waals surface area (Å²) in [7, 11) is 0. The summed E-state index contributed by atoms with van der Waals surface area (Å²) in [5.41, 5.74) is 0.189. The summed E-state index contributed by atoms with van der Waals surface area (Å²) in [5, 5.41) is 0. The van der Waals surface area contributed by atoms with E-state index in [1.54, 1.807) is 0 Å². The van der Waals surface area contributed by atoms with Crippen molar-refractivity contribution in [3.8, 4) is 0 Å². The third-order valence-corrected chi connectivity index (χ3v) is 4.15. The Kier molecular flexibility index (Phi) is 2.33. The van der Waals surface area contributed by atoms with Crippen LogP contribution in [0.15, 0.2) is 0 Å². The van der Waals surface area contributed by atoms with Crippen molar-refractivity contribution in [3.63, 3.8) is 0 Å². The molecule has 1 aliphatic rings. The smallest absolute Gasteiger partial charge is 0.136 e. The van der Waals surface area contributed by atoms with Gasteiger partial charge in [0.2, 0.25) is 0 Å². The highest BCUT2D eigenvalue weighted by Crippen LogP contribution is 2.45. The van der Waals surface area contributed by atoms with Gasteiger partial charge in [0.25, 0.3) is 0 Å². The Morgan fingerprint density at radius 2 is 1.75 bits per heavy atom. The van der Waals surface area contributed by atoms with Gasteiger partial charge in [-0.15, -0.1) is 0 Å². The fourth-order valence-corrected chi connectivity index (χ4v) is 2.21.